The number of nitrogens with zero attached hydrogens (tertiary/aromatic N) is 2. The van der Waals surface area contributed by atoms with E-state index in [-0.39, 0.29) is 27.4 Å². The Kier molecular flexibility index (Phi) is 6.20. The number of carbonyl (C=O) groups excluding carboxylic acids is 3. The molecule has 3 aromatic rings. The zero-order valence-electron chi connectivity index (χ0n) is 20.6. The van der Waals surface area contributed by atoms with Gasteiger partial charge in [0, 0.05) is 12.0 Å². The standard InChI is InChI=1S/C27H24N2O7S/c1-13-10-17-11-16(8-9-19(17)36-13)22(30)20-21(15-6-5-7-18(12-15)34-3)29(25(32)23(20)31)27-28-14(2)24(37-27)26(33)35-4/h5-9,11-13,21,30H,10H2,1-4H3. The molecule has 190 valence electrons. The van der Waals surface area contributed by atoms with Gasteiger partial charge in [0.05, 0.1) is 31.5 Å². The summed E-state index contributed by atoms with van der Waals surface area (Å²) in [6.07, 6.45) is 0.672. The Morgan fingerprint density at radius 1 is 1.19 bits per heavy atom. The largest absolute Gasteiger partial charge is 0.507 e. The van der Waals surface area contributed by atoms with Gasteiger partial charge in [0.15, 0.2) is 5.13 Å². The third kappa shape index (κ3) is 4.13. The molecule has 3 heterocycles. The van der Waals surface area contributed by atoms with Gasteiger partial charge in [-0.1, -0.05) is 23.5 Å². The number of rotatable bonds is 5. The molecule has 2 aliphatic heterocycles. The number of ketones is 1. The van der Waals surface area contributed by atoms with E-state index in [1.54, 1.807) is 49.4 Å². The summed E-state index contributed by atoms with van der Waals surface area (Å²) in [6.45, 7) is 3.57. The molecule has 2 unspecified atom stereocenters. The Bertz CT molecular complexity index is 1480. The second kappa shape index (κ2) is 9.36. The summed E-state index contributed by atoms with van der Waals surface area (Å²) in [7, 11) is 2.77. The lowest BCUT2D eigenvalue weighted by molar-refractivity contribution is -0.132. The normalized spacial score (nSPS) is 20.1. The molecule has 2 atom stereocenters. The highest BCUT2D eigenvalue weighted by atomic mass is 32.1. The van der Waals surface area contributed by atoms with Crippen molar-refractivity contribution >= 4 is 39.9 Å². The van der Waals surface area contributed by atoms with Gasteiger partial charge < -0.3 is 19.3 Å². The fourth-order valence-corrected chi connectivity index (χ4v) is 5.66. The number of hydrogen-bond donors (Lipinski definition) is 1. The lowest BCUT2D eigenvalue weighted by Crippen LogP contribution is -2.29. The minimum atomic E-state index is -1.01. The summed E-state index contributed by atoms with van der Waals surface area (Å²) in [5, 5.41) is 11.6. The number of carbonyl (C=O) groups is 3. The number of fused-ring (bicyclic) bond motifs is 1. The molecule has 37 heavy (non-hydrogen) atoms. The first kappa shape index (κ1) is 24.5. The predicted octanol–water partition coefficient (Wildman–Crippen LogP) is 4.20. The van der Waals surface area contributed by atoms with Crippen LogP contribution in [0.25, 0.3) is 5.76 Å². The first-order chi connectivity index (χ1) is 17.7. The predicted molar refractivity (Wildman–Crippen MR) is 136 cm³/mol. The van der Waals surface area contributed by atoms with Crippen LogP contribution in [-0.2, 0) is 20.7 Å². The topological polar surface area (TPSA) is 115 Å². The van der Waals surface area contributed by atoms with Gasteiger partial charge >= 0.3 is 11.9 Å². The molecule has 10 heteroatoms. The van der Waals surface area contributed by atoms with Crippen molar-refractivity contribution in [3.05, 3.63) is 75.3 Å². The molecule has 2 aliphatic rings. The van der Waals surface area contributed by atoms with Gasteiger partial charge in [0.1, 0.15) is 28.2 Å². The fraction of sp³-hybridized carbons (Fsp3) is 0.259. The number of amides is 1. The van der Waals surface area contributed by atoms with E-state index in [1.807, 2.05) is 6.92 Å². The molecule has 1 N–H and O–H groups in total. The lowest BCUT2D eigenvalue weighted by Gasteiger charge is -2.23. The molecular formula is C27H24N2O7S. The lowest BCUT2D eigenvalue weighted by atomic mass is 9.94. The second-order valence-corrected chi connectivity index (χ2v) is 9.78. The van der Waals surface area contributed by atoms with Gasteiger partial charge in [-0.2, -0.15) is 0 Å². The van der Waals surface area contributed by atoms with Crippen molar-refractivity contribution in [2.45, 2.75) is 32.4 Å². The summed E-state index contributed by atoms with van der Waals surface area (Å²) in [5.74, 6) is -1.39. The number of aromatic nitrogens is 1. The van der Waals surface area contributed by atoms with E-state index >= 15 is 0 Å². The average Bonchev–Trinajstić information content (AvgIpc) is 3.55. The molecule has 9 nitrogen and oxygen atoms in total. The highest BCUT2D eigenvalue weighted by Gasteiger charge is 2.48. The fourth-order valence-electron chi connectivity index (χ4n) is 4.65. The summed E-state index contributed by atoms with van der Waals surface area (Å²) < 4.78 is 15.9. The smallest absolute Gasteiger partial charge is 0.350 e. The zero-order chi connectivity index (χ0) is 26.4. The number of aliphatic hydroxyl groups is 1. The van der Waals surface area contributed by atoms with Crippen LogP contribution >= 0.6 is 11.3 Å². The Morgan fingerprint density at radius 2 is 1.97 bits per heavy atom. The highest BCUT2D eigenvalue weighted by Crippen LogP contribution is 2.45. The van der Waals surface area contributed by atoms with Gasteiger partial charge in [-0.25, -0.2) is 9.78 Å². The van der Waals surface area contributed by atoms with E-state index < -0.39 is 23.7 Å². The summed E-state index contributed by atoms with van der Waals surface area (Å²) in [4.78, 5) is 44.9. The van der Waals surface area contributed by atoms with Crippen molar-refractivity contribution in [2.24, 2.45) is 0 Å². The average molecular weight is 521 g/mol. The van der Waals surface area contributed by atoms with E-state index in [0.717, 1.165) is 22.6 Å². The number of hydrogen-bond acceptors (Lipinski definition) is 9. The second-order valence-electron chi connectivity index (χ2n) is 8.80. The number of Topliss-reactive ketones (excluding diaryl/α,β-unsaturated/α-hetero) is 1. The van der Waals surface area contributed by atoms with Gasteiger partial charge in [-0.05, 0) is 55.3 Å². The Balaban J connectivity index is 1.69. The molecule has 0 bridgehead atoms. The van der Waals surface area contributed by atoms with Crippen molar-refractivity contribution in [1.82, 2.24) is 4.98 Å². The van der Waals surface area contributed by atoms with Gasteiger partial charge in [-0.3, -0.25) is 14.5 Å². The maximum Gasteiger partial charge on any atom is 0.350 e. The molecule has 0 aliphatic carbocycles. The molecule has 0 spiro atoms. The molecular weight excluding hydrogens is 496 g/mol. The molecule has 1 aromatic heterocycles. The summed E-state index contributed by atoms with van der Waals surface area (Å²) >= 11 is 0.945. The van der Waals surface area contributed by atoms with E-state index in [2.05, 4.69) is 4.98 Å². The Labute approximate surface area is 216 Å². The van der Waals surface area contributed by atoms with Crippen LogP contribution in [0, 0.1) is 6.92 Å². The van der Waals surface area contributed by atoms with E-state index in [9.17, 15) is 19.5 Å². The first-order valence-electron chi connectivity index (χ1n) is 11.5. The van der Waals surface area contributed by atoms with Gasteiger partial charge in [-0.15, -0.1) is 0 Å². The number of benzene rings is 2. The van der Waals surface area contributed by atoms with E-state index in [0.29, 0.717) is 29.0 Å². The molecule has 0 radical (unpaired) electrons. The molecule has 0 saturated carbocycles. The maximum atomic E-state index is 13.4. The monoisotopic (exact) mass is 520 g/mol. The summed E-state index contributed by atoms with van der Waals surface area (Å²) in [5.41, 5.74) is 2.11. The number of aryl methyl sites for hydroxylation is 1. The quantitative estimate of drug-likeness (QED) is 0.230. The third-order valence-corrected chi connectivity index (χ3v) is 7.52. The molecule has 1 amide bonds. The van der Waals surface area contributed by atoms with Crippen molar-refractivity contribution in [1.29, 1.82) is 0 Å². The van der Waals surface area contributed by atoms with Crippen LogP contribution < -0.4 is 14.4 Å². The van der Waals surface area contributed by atoms with E-state index in [1.165, 1.54) is 19.1 Å². The zero-order valence-corrected chi connectivity index (χ0v) is 21.4. The molecule has 5 rings (SSSR count). The van der Waals surface area contributed by atoms with Crippen LogP contribution in [0.5, 0.6) is 11.5 Å². The summed E-state index contributed by atoms with van der Waals surface area (Å²) in [6, 6.07) is 11.1. The minimum absolute atomic E-state index is 0.00640. The van der Waals surface area contributed by atoms with Crippen LogP contribution in [0.4, 0.5) is 5.13 Å². The maximum absolute atomic E-state index is 13.4. The van der Waals surface area contributed by atoms with Gasteiger partial charge in [0.25, 0.3) is 5.78 Å². The Hall–Kier alpha value is -4.18. The first-order valence-corrected chi connectivity index (χ1v) is 12.4. The molecule has 1 fully saturated rings. The van der Waals surface area contributed by atoms with Crippen LogP contribution in [0.3, 0.4) is 0 Å². The van der Waals surface area contributed by atoms with Crippen LogP contribution in [0.2, 0.25) is 0 Å². The molecule has 2 aromatic carbocycles. The number of anilines is 1. The van der Waals surface area contributed by atoms with E-state index in [4.69, 9.17) is 14.2 Å². The molecule has 1 saturated heterocycles. The van der Waals surface area contributed by atoms with Crippen LogP contribution in [-0.4, -0.2) is 48.1 Å². The highest BCUT2D eigenvalue weighted by molar-refractivity contribution is 7.17. The number of aliphatic hydroxyl groups excluding tert-OH is 1. The van der Waals surface area contributed by atoms with Crippen LogP contribution in [0.15, 0.2) is 48.0 Å². The van der Waals surface area contributed by atoms with Crippen molar-refractivity contribution in [3.63, 3.8) is 0 Å². The van der Waals surface area contributed by atoms with Gasteiger partial charge in [0.2, 0.25) is 0 Å². The number of methoxy groups -OCH3 is 2. The number of esters is 1. The number of ether oxygens (including phenoxy) is 3. The van der Waals surface area contributed by atoms with Crippen molar-refractivity contribution in [2.75, 3.05) is 19.1 Å². The van der Waals surface area contributed by atoms with Crippen molar-refractivity contribution < 1.29 is 33.7 Å². The number of thiazole rings is 1. The van der Waals surface area contributed by atoms with Crippen LogP contribution in [0.1, 0.15) is 45.0 Å². The SMILES string of the molecule is COC(=O)c1sc(N2C(=O)C(=O)C(=C(O)c3ccc4c(c3)CC(C)O4)C2c2cccc(OC)c2)nc1C. The third-order valence-electron chi connectivity index (χ3n) is 6.39. The Morgan fingerprint density at radius 3 is 2.70 bits per heavy atom. The minimum Gasteiger partial charge on any atom is -0.507 e. The van der Waals surface area contributed by atoms with Crippen molar-refractivity contribution in [3.8, 4) is 11.5 Å².